The summed E-state index contributed by atoms with van der Waals surface area (Å²) < 4.78 is 5.40. The lowest BCUT2D eigenvalue weighted by molar-refractivity contribution is 0.0726. The zero-order valence-corrected chi connectivity index (χ0v) is 14.6. The van der Waals surface area contributed by atoms with Crippen LogP contribution in [0.2, 0.25) is 5.02 Å². The predicted octanol–water partition coefficient (Wildman–Crippen LogP) is 3.96. The van der Waals surface area contributed by atoms with Gasteiger partial charge < -0.3 is 9.64 Å². The van der Waals surface area contributed by atoms with Gasteiger partial charge in [0.1, 0.15) is 10.7 Å². The number of halogens is 1. The van der Waals surface area contributed by atoms with Crippen LogP contribution in [0.3, 0.4) is 0 Å². The van der Waals surface area contributed by atoms with E-state index in [-0.39, 0.29) is 5.91 Å². The van der Waals surface area contributed by atoms with Gasteiger partial charge in [0.05, 0.1) is 6.61 Å². The molecule has 2 aromatic rings. The van der Waals surface area contributed by atoms with Gasteiger partial charge in [-0.1, -0.05) is 23.7 Å². The van der Waals surface area contributed by atoms with E-state index in [0.29, 0.717) is 23.2 Å². The zero-order valence-electron chi connectivity index (χ0n) is 13.0. The minimum atomic E-state index is -0.0103. The van der Waals surface area contributed by atoms with Gasteiger partial charge in [-0.15, -0.1) is 11.3 Å². The van der Waals surface area contributed by atoms with Crippen molar-refractivity contribution in [1.29, 1.82) is 0 Å². The molecule has 1 amide bonds. The molecule has 0 N–H and O–H groups in total. The molecule has 1 aliphatic rings. The molecule has 1 aliphatic heterocycles. The summed E-state index contributed by atoms with van der Waals surface area (Å²) in [5.41, 5.74) is 1.44. The second-order valence-electron chi connectivity index (χ2n) is 5.62. The number of carbonyl (C=O) groups is 1. The molecule has 23 heavy (non-hydrogen) atoms. The van der Waals surface area contributed by atoms with E-state index < -0.39 is 0 Å². The summed E-state index contributed by atoms with van der Waals surface area (Å²) in [5, 5.41) is 3.31. The Kier molecular flexibility index (Phi) is 5.30. The van der Waals surface area contributed by atoms with Gasteiger partial charge in [-0.2, -0.15) is 0 Å². The minimum absolute atomic E-state index is 0.0103. The Morgan fingerprint density at radius 2 is 2.39 bits per heavy atom. The van der Waals surface area contributed by atoms with Crippen molar-refractivity contribution in [3.8, 4) is 10.6 Å². The molecular weight excluding hydrogens is 332 g/mol. The van der Waals surface area contributed by atoms with Gasteiger partial charge in [-0.05, 0) is 25.5 Å². The fraction of sp³-hybridized carbons (Fsp3) is 0.412. The highest BCUT2D eigenvalue weighted by Crippen LogP contribution is 2.26. The van der Waals surface area contributed by atoms with Crippen molar-refractivity contribution in [2.75, 3.05) is 26.3 Å². The average Bonchev–Trinajstić information content (AvgIpc) is 3.23. The third-order valence-corrected chi connectivity index (χ3v) is 5.09. The Bertz CT molecular complexity index is 683. The maximum atomic E-state index is 12.7. The first-order valence-electron chi connectivity index (χ1n) is 7.76. The van der Waals surface area contributed by atoms with Gasteiger partial charge in [0.25, 0.3) is 5.91 Å². The van der Waals surface area contributed by atoms with E-state index in [0.717, 1.165) is 36.8 Å². The van der Waals surface area contributed by atoms with Crippen LogP contribution in [0.15, 0.2) is 29.6 Å². The normalized spacial score (nSPS) is 17.4. The SMILES string of the molecule is CCN(CC1CCOC1)C(=O)c1csc(-c2cccc(Cl)c2)n1. The molecule has 0 radical (unpaired) electrons. The molecule has 1 fully saturated rings. The third kappa shape index (κ3) is 3.91. The van der Waals surface area contributed by atoms with Crippen molar-refractivity contribution >= 4 is 28.8 Å². The highest BCUT2D eigenvalue weighted by atomic mass is 35.5. The highest BCUT2D eigenvalue weighted by Gasteiger charge is 2.23. The summed E-state index contributed by atoms with van der Waals surface area (Å²) in [5.74, 6) is 0.425. The molecule has 1 aromatic heterocycles. The summed E-state index contributed by atoms with van der Waals surface area (Å²) in [6.45, 7) is 4.96. The molecule has 1 aromatic carbocycles. The van der Waals surface area contributed by atoms with E-state index in [9.17, 15) is 4.79 Å². The second kappa shape index (κ2) is 7.43. The summed E-state index contributed by atoms with van der Waals surface area (Å²) in [4.78, 5) is 19.0. The molecule has 0 bridgehead atoms. The van der Waals surface area contributed by atoms with E-state index in [1.807, 2.05) is 41.5 Å². The molecular formula is C17H19ClN2O2S. The van der Waals surface area contributed by atoms with Crippen LogP contribution in [-0.4, -0.2) is 42.1 Å². The van der Waals surface area contributed by atoms with Crippen LogP contribution < -0.4 is 0 Å². The Balaban J connectivity index is 1.74. The van der Waals surface area contributed by atoms with E-state index in [1.54, 1.807) is 0 Å². The lowest BCUT2D eigenvalue weighted by atomic mass is 10.1. The fourth-order valence-electron chi connectivity index (χ4n) is 2.68. The van der Waals surface area contributed by atoms with Gasteiger partial charge in [-0.25, -0.2) is 4.98 Å². The standard InChI is InChI=1S/C17H19ClN2O2S/c1-2-20(9-12-6-7-22-10-12)17(21)15-11-23-16(19-15)13-4-3-5-14(18)8-13/h3-5,8,11-12H,2,6-7,9-10H2,1H3. The van der Waals surface area contributed by atoms with Gasteiger partial charge >= 0.3 is 0 Å². The van der Waals surface area contributed by atoms with Gasteiger partial charge in [0.15, 0.2) is 0 Å². The molecule has 0 aliphatic carbocycles. The summed E-state index contributed by atoms with van der Waals surface area (Å²) >= 11 is 7.49. The molecule has 4 nitrogen and oxygen atoms in total. The zero-order chi connectivity index (χ0) is 16.2. The van der Waals surface area contributed by atoms with Crippen LogP contribution >= 0.6 is 22.9 Å². The minimum Gasteiger partial charge on any atom is -0.381 e. The monoisotopic (exact) mass is 350 g/mol. The van der Waals surface area contributed by atoms with Crippen molar-refractivity contribution in [2.24, 2.45) is 5.92 Å². The van der Waals surface area contributed by atoms with Gasteiger partial charge in [0.2, 0.25) is 0 Å². The molecule has 0 spiro atoms. The molecule has 0 saturated carbocycles. The number of amides is 1. The number of nitrogens with zero attached hydrogens (tertiary/aromatic N) is 2. The van der Waals surface area contributed by atoms with Crippen LogP contribution in [0.5, 0.6) is 0 Å². The van der Waals surface area contributed by atoms with Crippen molar-refractivity contribution in [1.82, 2.24) is 9.88 Å². The Morgan fingerprint density at radius 1 is 1.52 bits per heavy atom. The van der Waals surface area contributed by atoms with Gasteiger partial charge in [-0.3, -0.25) is 4.79 Å². The summed E-state index contributed by atoms with van der Waals surface area (Å²) in [6.07, 6.45) is 1.02. The van der Waals surface area contributed by atoms with E-state index in [2.05, 4.69) is 4.98 Å². The van der Waals surface area contributed by atoms with Crippen molar-refractivity contribution in [3.05, 3.63) is 40.4 Å². The smallest absolute Gasteiger partial charge is 0.273 e. The molecule has 3 rings (SSSR count). The molecule has 2 heterocycles. The number of hydrogen-bond acceptors (Lipinski definition) is 4. The van der Waals surface area contributed by atoms with E-state index >= 15 is 0 Å². The first-order chi connectivity index (χ1) is 11.2. The fourth-order valence-corrected chi connectivity index (χ4v) is 3.66. The number of ether oxygens (including phenoxy) is 1. The van der Waals surface area contributed by atoms with Crippen LogP contribution in [-0.2, 0) is 4.74 Å². The van der Waals surface area contributed by atoms with E-state index in [4.69, 9.17) is 16.3 Å². The van der Waals surface area contributed by atoms with E-state index in [1.165, 1.54) is 11.3 Å². The van der Waals surface area contributed by atoms with Crippen molar-refractivity contribution in [3.63, 3.8) is 0 Å². The largest absolute Gasteiger partial charge is 0.381 e. The molecule has 6 heteroatoms. The van der Waals surface area contributed by atoms with Crippen molar-refractivity contribution in [2.45, 2.75) is 13.3 Å². The number of rotatable bonds is 5. The first kappa shape index (κ1) is 16.4. The highest BCUT2D eigenvalue weighted by molar-refractivity contribution is 7.13. The quantitative estimate of drug-likeness (QED) is 0.819. The Hall–Kier alpha value is -1.43. The van der Waals surface area contributed by atoms with Gasteiger partial charge in [0, 0.05) is 41.6 Å². The number of carbonyl (C=O) groups excluding carboxylic acids is 1. The summed E-state index contributed by atoms with van der Waals surface area (Å²) in [6, 6.07) is 7.53. The lowest BCUT2D eigenvalue weighted by Crippen LogP contribution is -2.35. The Morgan fingerprint density at radius 3 is 3.09 bits per heavy atom. The number of hydrogen-bond donors (Lipinski definition) is 0. The van der Waals surface area contributed by atoms with Crippen LogP contribution in [0.1, 0.15) is 23.8 Å². The second-order valence-corrected chi connectivity index (χ2v) is 6.92. The molecule has 1 atom stereocenters. The van der Waals surface area contributed by atoms with Crippen LogP contribution in [0.4, 0.5) is 0 Å². The molecule has 122 valence electrons. The molecule has 1 unspecified atom stereocenters. The first-order valence-corrected chi connectivity index (χ1v) is 9.01. The predicted molar refractivity (Wildman–Crippen MR) is 93.1 cm³/mol. The third-order valence-electron chi connectivity index (χ3n) is 3.97. The Labute approximate surface area is 145 Å². The van der Waals surface area contributed by atoms with Crippen LogP contribution in [0, 0.1) is 5.92 Å². The lowest BCUT2D eigenvalue weighted by Gasteiger charge is -2.22. The topological polar surface area (TPSA) is 42.4 Å². The maximum Gasteiger partial charge on any atom is 0.273 e. The summed E-state index contributed by atoms with van der Waals surface area (Å²) in [7, 11) is 0. The van der Waals surface area contributed by atoms with Crippen LogP contribution in [0.25, 0.3) is 10.6 Å². The number of thiazole rings is 1. The number of aromatic nitrogens is 1. The number of benzene rings is 1. The van der Waals surface area contributed by atoms with Crippen molar-refractivity contribution < 1.29 is 9.53 Å². The molecule has 1 saturated heterocycles. The maximum absolute atomic E-state index is 12.7. The average molecular weight is 351 g/mol.